The van der Waals surface area contributed by atoms with Crippen LogP contribution in [0.1, 0.15) is 30.6 Å². The number of nitrogens with one attached hydrogen (secondary N) is 2. The number of carbonyl (C=O) groups is 1. The second-order valence-electron chi connectivity index (χ2n) is 3.88. The Bertz CT molecular complexity index is 412. The summed E-state index contributed by atoms with van der Waals surface area (Å²) in [5, 5.41) is 11.8. The minimum Gasteiger partial charge on any atom is -0.393 e. The van der Waals surface area contributed by atoms with Gasteiger partial charge in [0.25, 0.3) is 5.91 Å². The maximum absolute atomic E-state index is 11.6. The number of hydrogen-bond acceptors (Lipinski definition) is 3. The lowest BCUT2D eigenvalue weighted by molar-refractivity contribution is 0.0921. The van der Waals surface area contributed by atoms with E-state index in [4.69, 9.17) is 5.11 Å². The molecule has 0 aliphatic rings. The van der Waals surface area contributed by atoms with Gasteiger partial charge in [0.05, 0.1) is 6.10 Å². The Balaban J connectivity index is 2.66. The Kier molecular flexibility index (Phi) is 4.25. The van der Waals surface area contributed by atoms with E-state index in [0.29, 0.717) is 6.42 Å². The van der Waals surface area contributed by atoms with Crippen LogP contribution in [0.5, 0.6) is 0 Å². The van der Waals surface area contributed by atoms with Crippen LogP contribution in [0.15, 0.2) is 23.3 Å². The van der Waals surface area contributed by atoms with Gasteiger partial charge in [-0.1, -0.05) is 0 Å². The van der Waals surface area contributed by atoms with E-state index in [9.17, 15) is 9.59 Å². The second kappa shape index (κ2) is 5.46. The molecule has 0 fully saturated rings. The van der Waals surface area contributed by atoms with Gasteiger partial charge in [0, 0.05) is 24.5 Å². The van der Waals surface area contributed by atoms with Crippen molar-refractivity contribution in [2.45, 2.75) is 32.4 Å². The molecule has 0 aliphatic heterocycles. The molecular formula is C11H16N2O3. The summed E-state index contributed by atoms with van der Waals surface area (Å²) in [6, 6.07) is 1.13. The smallest absolute Gasteiger partial charge is 0.256 e. The molecule has 0 radical (unpaired) electrons. The van der Waals surface area contributed by atoms with Gasteiger partial charge in [-0.05, 0) is 20.3 Å². The number of aliphatic hydroxyl groups is 1. The Labute approximate surface area is 93.5 Å². The van der Waals surface area contributed by atoms with E-state index in [1.165, 1.54) is 18.5 Å². The predicted octanol–water partition coefficient (Wildman–Crippen LogP) is 0.264. The van der Waals surface area contributed by atoms with Crippen LogP contribution in [-0.4, -0.2) is 28.1 Å². The maximum Gasteiger partial charge on any atom is 0.256 e. The Morgan fingerprint density at radius 2 is 2.25 bits per heavy atom. The molecule has 16 heavy (non-hydrogen) atoms. The largest absolute Gasteiger partial charge is 0.393 e. The highest BCUT2D eigenvalue weighted by atomic mass is 16.3. The standard InChI is InChI=1S/C11H16N2O3/c1-7(5-8(2)14)13-11(16)9-6-12-4-3-10(9)15/h3-4,6-8,14H,5H2,1-2H3,(H,12,15)(H,13,16). The molecule has 2 unspecified atom stereocenters. The highest BCUT2D eigenvalue weighted by Gasteiger charge is 2.13. The summed E-state index contributed by atoms with van der Waals surface area (Å²) < 4.78 is 0. The van der Waals surface area contributed by atoms with Gasteiger partial charge < -0.3 is 15.4 Å². The average Bonchev–Trinajstić information content (AvgIpc) is 2.16. The molecule has 1 heterocycles. The van der Waals surface area contributed by atoms with Gasteiger partial charge in [0.2, 0.25) is 0 Å². The normalized spacial score (nSPS) is 14.2. The molecule has 5 nitrogen and oxygen atoms in total. The maximum atomic E-state index is 11.6. The minimum absolute atomic E-state index is 0.0833. The van der Waals surface area contributed by atoms with Crippen LogP contribution in [0.25, 0.3) is 0 Å². The first-order chi connectivity index (χ1) is 7.50. The van der Waals surface area contributed by atoms with Crippen molar-refractivity contribution in [3.63, 3.8) is 0 Å². The molecule has 5 heteroatoms. The SMILES string of the molecule is CC(O)CC(C)NC(=O)c1c[nH]ccc1=O. The fourth-order valence-corrected chi connectivity index (χ4v) is 1.47. The van der Waals surface area contributed by atoms with Crippen LogP contribution >= 0.6 is 0 Å². The number of amides is 1. The van der Waals surface area contributed by atoms with Crippen LogP contribution in [0.4, 0.5) is 0 Å². The van der Waals surface area contributed by atoms with E-state index < -0.39 is 12.0 Å². The van der Waals surface area contributed by atoms with E-state index in [0.717, 1.165) is 0 Å². The Morgan fingerprint density at radius 3 is 2.81 bits per heavy atom. The molecule has 0 bridgehead atoms. The molecule has 0 saturated heterocycles. The van der Waals surface area contributed by atoms with Crippen molar-refractivity contribution < 1.29 is 9.90 Å². The van der Waals surface area contributed by atoms with Crippen LogP contribution in [-0.2, 0) is 0 Å². The van der Waals surface area contributed by atoms with E-state index in [1.54, 1.807) is 13.8 Å². The highest BCUT2D eigenvalue weighted by molar-refractivity contribution is 5.93. The van der Waals surface area contributed by atoms with Crippen molar-refractivity contribution in [2.75, 3.05) is 0 Å². The van der Waals surface area contributed by atoms with Crippen molar-refractivity contribution in [1.82, 2.24) is 10.3 Å². The van der Waals surface area contributed by atoms with Gasteiger partial charge in [-0.2, -0.15) is 0 Å². The number of pyridine rings is 1. The molecule has 0 saturated carbocycles. The first-order valence-electron chi connectivity index (χ1n) is 5.16. The second-order valence-corrected chi connectivity index (χ2v) is 3.88. The van der Waals surface area contributed by atoms with Gasteiger partial charge in [-0.15, -0.1) is 0 Å². The zero-order valence-electron chi connectivity index (χ0n) is 9.36. The van der Waals surface area contributed by atoms with Crippen molar-refractivity contribution in [3.05, 3.63) is 34.2 Å². The van der Waals surface area contributed by atoms with Crippen molar-refractivity contribution in [1.29, 1.82) is 0 Å². The number of rotatable bonds is 4. The number of H-pyrrole nitrogens is 1. The fourth-order valence-electron chi connectivity index (χ4n) is 1.47. The van der Waals surface area contributed by atoms with Crippen molar-refractivity contribution >= 4 is 5.91 Å². The summed E-state index contributed by atoms with van der Waals surface area (Å²) in [7, 11) is 0. The number of aromatic nitrogens is 1. The molecule has 0 aromatic carbocycles. The van der Waals surface area contributed by atoms with Crippen LogP contribution in [0, 0.1) is 0 Å². The van der Waals surface area contributed by atoms with Crippen molar-refractivity contribution in [2.24, 2.45) is 0 Å². The summed E-state index contributed by atoms with van der Waals surface area (Å²) in [6.45, 7) is 3.43. The van der Waals surface area contributed by atoms with Crippen LogP contribution in [0.3, 0.4) is 0 Å². The first kappa shape index (κ1) is 12.4. The summed E-state index contributed by atoms with van der Waals surface area (Å²) in [5.74, 6) is -0.421. The summed E-state index contributed by atoms with van der Waals surface area (Å²) in [4.78, 5) is 25.7. The monoisotopic (exact) mass is 224 g/mol. The Morgan fingerprint density at radius 1 is 1.56 bits per heavy atom. The fraction of sp³-hybridized carbons (Fsp3) is 0.455. The van der Waals surface area contributed by atoms with E-state index in [-0.39, 0.29) is 17.0 Å². The molecule has 1 aromatic heterocycles. The molecule has 1 aromatic rings. The van der Waals surface area contributed by atoms with E-state index in [2.05, 4.69) is 10.3 Å². The third kappa shape index (κ3) is 3.51. The summed E-state index contributed by atoms with van der Waals surface area (Å²) in [5.41, 5.74) is -0.236. The third-order valence-electron chi connectivity index (χ3n) is 2.14. The number of aliphatic hydroxyl groups excluding tert-OH is 1. The lowest BCUT2D eigenvalue weighted by Crippen LogP contribution is -2.36. The summed E-state index contributed by atoms with van der Waals surface area (Å²) in [6.07, 6.45) is 2.81. The molecule has 2 atom stereocenters. The summed E-state index contributed by atoms with van der Waals surface area (Å²) >= 11 is 0. The molecule has 3 N–H and O–H groups in total. The van der Waals surface area contributed by atoms with Gasteiger partial charge in [0.15, 0.2) is 5.43 Å². The topological polar surface area (TPSA) is 82.2 Å². The number of aromatic amines is 1. The minimum atomic E-state index is -0.482. The molecular weight excluding hydrogens is 208 g/mol. The average molecular weight is 224 g/mol. The highest BCUT2D eigenvalue weighted by Crippen LogP contribution is 1.98. The van der Waals surface area contributed by atoms with Crippen molar-refractivity contribution in [3.8, 4) is 0 Å². The lowest BCUT2D eigenvalue weighted by Gasteiger charge is -2.14. The zero-order valence-corrected chi connectivity index (χ0v) is 9.36. The van der Waals surface area contributed by atoms with Gasteiger partial charge in [-0.3, -0.25) is 9.59 Å². The molecule has 0 spiro atoms. The Hall–Kier alpha value is -1.62. The van der Waals surface area contributed by atoms with Gasteiger partial charge >= 0.3 is 0 Å². The number of carbonyl (C=O) groups excluding carboxylic acids is 1. The molecule has 1 rings (SSSR count). The predicted molar refractivity (Wildman–Crippen MR) is 60.3 cm³/mol. The quantitative estimate of drug-likeness (QED) is 0.686. The first-order valence-corrected chi connectivity index (χ1v) is 5.16. The van der Waals surface area contributed by atoms with E-state index >= 15 is 0 Å². The third-order valence-corrected chi connectivity index (χ3v) is 2.14. The zero-order chi connectivity index (χ0) is 12.1. The molecule has 1 amide bonds. The van der Waals surface area contributed by atoms with E-state index in [1.807, 2.05) is 0 Å². The lowest BCUT2D eigenvalue weighted by atomic mass is 10.1. The molecule has 88 valence electrons. The van der Waals surface area contributed by atoms with Gasteiger partial charge in [0.1, 0.15) is 5.56 Å². The van der Waals surface area contributed by atoms with Crippen LogP contribution < -0.4 is 10.7 Å². The van der Waals surface area contributed by atoms with Gasteiger partial charge in [-0.25, -0.2) is 0 Å². The number of hydrogen-bond donors (Lipinski definition) is 3. The van der Waals surface area contributed by atoms with Crippen LogP contribution in [0.2, 0.25) is 0 Å². The molecule has 0 aliphatic carbocycles.